The number of aryl methyl sites for hydroxylation is 1. The second kappa shape index (κ2) is 4.81. The molecule has 0 aliphatic heterocycles. The lowest BCUT2D eigenvalue weighted by atomic mass is 10.0. The van der Waals surface area contributed by atoms with E-state index in [9.17, 15) is 5.11 Å². The molecule has 2 rings (SSSR count). The zero-order valence-electron chi connectivity index (χ0n) is 8.89. The highest BCUT2D eigenvalue weighted by Gasteiger charge is 2.09. The molecule has 0 saturated heterocycles. The first-order chi connectivity index (χ1) is 7.81. The van der Waals surface area contributed by atoms with Gasteiger partial charge in [0.25, 0.3) is 0 Å². The maximum atomic E-state index is 9.21. The van der Waals surface area contributed by atoms with E-state index in [4.69, 9.17) is 10.3 Å². The third-order valence-electron chi connectivity index (χ3n) is 2.44. The molecular weight excluding hydrogens is 204 g/mol. The van der Waals surface area contributed by atoms with Crippen molar-refractivity contribution < 1.29 is 9.63 Å². The molecule has 1 aromatic heterocycles. The summed E-state index contributed by atoms with van der Waals surface area (Å²) in [4.78, 5) is 0. The molecule has 0 aliphatic carbocycles. The van der Waals surface area contributed by atoms with E-state index in [0.717, 1.165) is 29.7 Å². The smallest absolute Gasteiger partial charge is 0.131 e. The fourth-order valence-corrected chi connectivity index (χ4v) is 1.59. The number of phenols is 1. The van der Waals surface area contributed by atoms with Crippen molar-refractivity contribution in [3.8, 4) is 16.9 Å². The van der Waals surface area contributed by atoms with E-state index >= 15 is 0 Å². The van der Waals surface area contributed by atoms with Crippen LogP contribution in [0, 0.1) is 0 Å². The van der Waals surface area contributed by atoms with Crippen molar-refractivity contribution in [2.75, 3.05) is 6.54 Å². The number of hydrogen-bond acceptors (Lipinski definition) is 4. The van der Waals surface area contributed by atoms with Crippen LogP contribution in [0.15, 0.2) is 35.1 Å². The first kappa shape index (κ1) is 10.7. The number of benzene rings is 1. The van der Waals surface area contributed by atoms with E-state index in [1.807, 2.05) is 12.1 Å². The molecule has 2 aromatic rings. The van der Waals surface area contributed by atoms with Crippen LogP contribution < -0.4 is 5.73 Å². The van der Waals surface area contributed by atoms with Gasteiger partial charge in [-0.1, -0.05) is 17.3 Å². The lowest BCUT2D eigenvalue weighted by Gasteiger charge is -2.00. The monoisotopic (exact) mass is 218 g/mol. The average Bonchev–Trinajstić information content (AvgIpc) is 2.75. The van der Waals surface area contributed by atoms with Crippen molar-refractivity contribution in [2.45, 2.75) is 12.8 Å². The second-order valence-corrected chi connectivity index (χ2v) is 3.61. The minimum atomic E-state index is 0.253. The predicted octanol–water partition coefficient (Wildman–Crippen LogP) is 1.94. The number of rotatable bonds is 4. The molecule has 0 unspecified atom stereocenters. The minimum Gasteiger partial charge on any atom is -0.508 e. The van der Waals surface area contributed by atoms with Crippen molar-refractivity contribution in [1.29, 1.82) is 0 Å². The molecule has 0 atom stereocenters. The van der Waals surface area contributed by atoms with Crippen molar-refractivity contribution >= 4 is 0 Å². The van der Waals surface area contributed by atoms with E-state index in [2.05, 4.69) is 5.16 Å². The van der Waals surface area contributed by atoms with Gasteiger partial charge in [0.2, 0.25) is 0 Å². The molecule has 0 fully saturated rings. The number of nitrogens with two attached hydrogens (primary N) is 1. The van der Waals surface area contributed by atoms with Gasteiger partial charge in [-0.25, -0.2) is 0 Å². The maximum absolute atomic E-state index is 9.21. The average molecular weight is 218 g/mol. The predicted molar refractivity (Wildman–Crippen MR) is 61.0 cm³/mol. The van der Waals surface area contributed by atoms with E-state index in [1.165, 1.54) is 0 Å². The normalized spacial score (nSPS) is 10.6. The third-order valence-corrected chi connectivity index (χ3v) is 2.44. The fourth-order valence-electron chi connectivity index (χ4n) is 1.59. The van der Waals surface area contributed by atoms with Crippen LogP contribution in [0.5, 0.6) is 5.75 Å². The summed E-state index contributed by atoms with van der Waals surface area (Å²) in [5, 5.41) is 13.2. The number of aromatic hydroxyl groups is 1. The first-order valence-corrected chi connectivity index (χ1v) is 5.24. The lowest BCUT2D eigenvalue weighted by Crippen LogP contribution is -2.01. The van der Waals surface area contributed by atoms with Crippen LogP contribution in [0.3, 0.4) is 0 Å². The molecule has 4 nitrogen and oxygen atoms in total. The maximum Gasteiger partial charge on any atom is 0.131 e. The molecule has 0 radical (unpaired) electrons. The van der Waals surface area contributed by atoms with Crippen LogP contribution in [0.25, 0.3) is 11.1 Å². The number of phenolic OH excluding ortho intramolecular Hbond substituents is 1. The zero-order valence-corrected chi connectivity index (χ0v) is 8.89. The number of nitrogens with zero attached hydrogens (tertiary/aromatic N) is 1. The standard InChI is InChI=1S/C12H14N2O2/c13-7-1-2-12-11(8-16-14-12)9-3-5-10(15)6-4-9/h3-6,8,15H,1-2,7,13H2. The Hall–Kier alpha value is -1.81. The molecule has 3 N–H and O–H groups in total. The molecule has 0 aliphatic rings. The van der Waals surface area contributed by atoms with Crippen molar-refractivity contribution in [1.82, 2.24) is 5.16 Å². The molecule has 16 heavy (non-hydrogen) atoms. The van der Waals surface area contributed by atoms with Gasteiger partial charge in [-0.2, -0.15) is 0 Å². The number of aromatic nitrogens is 1. The van der Waals surface area contributed by atoms with Crippen LogP contribution in [-0.4, -0.2) is 16.8 Å². The molecule has 4 heteroatoms. The Morgan fingerprint density at radius 2 is 2.00 bits per heavy atom. The third kappa shape index (κ3) is 2.23. The largest absolute Gasteiger partial charge is 0.508 e. The van der Waals surface area contributed by atoms with Crippen molar-refractivity contribution in [2.24, 2.45) is 5.73 Å². The summed E-state index contributed by atoms with van der Waals surface area (Å²) in [6, 6.07) is 6.98. The molecule has 0 bridgehead atoms. The van der Waals surface area contributed by atoms with Gasteiger partial charge in [-0.15, -0.1) is 0 Å². The molecule has 0 spiro atoms. The molecule has 0 saturated carbocycles. The van der Waals surface area contributed by atoms with E-state index in [-0.39, 0.29) is 5.75 Å². The topological polar surface area (TPSA) is 72.3 Å². The van der Waals surface area contributed by atoms with Gasteiger partial charge < -0.3 is 15.4 Å². The summed E-state index contributed by atoms with van der Waals surface area (Å²) in [7, 11) is 0. The van der Waals surface area contributed by atoms with Crippen molar-refractivity contribution in [3.05, 3.63) is 36.2 Å². The van der Waals surface area contributed by atoms with Gasteiger partial charge >= 0.3 is 0 Å². The van der Waals surface area contributed by atoms with E-state index in [1.54, 1.807) is 18.4 Å². The van der Waals surface area contributed by atoms with Gasteiger partial charge in [0.1, 0.15) is 12.0 Å². The Balaban J connectivity index is 2.26. The lowest BCUT2D eigenvalue weighted by molar-refractivity contribution is 0.411. The van der Waals surface area contributed by atoms with Crippen LogP contribution >= 0.6 is 0 Å². The molecule has 1 aromatic carbocycles. The van der Waals surface area contributed by atoms with E-state index in [0.29, 0.717) is 6.54 Å². The van der Waals surface area contributed by atoms with Gasteiger partial charge in [0.05, 0.1) is 5.69 Å². The quantitative estimate of drug-likeness (QED) is 0.822. The van der Waals surface area contributed by atoms with Crippen LogP contribution in [0.4, 0.5) is 0 Å². The Morgan fingerprint density at radius 1 is 1.25 bits per heavy atom. The summed E-state index contributed by atoms with van der Waals surface area (Å²) in [5.41, 5.74) is 8.33. The Morgan fingerprint density at radius 3 is 2.69 bits per heavy atom. The highest BCUT2D eigenvalue weighted by Crippen LogP contribution is 2.25. The van der Waals surface area contributed by atoms with Gasteiger partial charge in [-0.3, -0.25) is 0 Å². The Kier molecular flexibility index (Phi) is 3.22. The number of hydrogen-bond donors (Lipinski definition) is 2. The first-order valence-electron chi connectivity index (χ1n) is 5.24. The summed E-state index contributed by atoms with van der Waals surface area (Å²) in [6.07, 6.45) is 3.32. The second-order valence-electron chi connectivity index (χ2n) is 3.61. The highest BCUT2D eigenvalue weighted by molar-refractivity contribution is 5.65. The Bertz CT molecular complexity index is 448. The van der Waals surface area contributed by atoms with Crippen molar-refractivity contribution in [3.63, 3.8) is 0 Å². The summed E-state index contributed by atoms with van der Waals surface area (Å²) >= 11 is 0. The fraction of sp³-hybridized carbons (Fsp3) is 0.250. The minimum absolute atomic E-state index is 0.253. The summed E-state index contributed by atoms with van der Waals surface area (Å²) < 4.78 is 4.97. The zero-order chi connectivity index (χ0) is 11.4. The summed E-state index contributed by atoms with van der Waals surface area (Å²) in [5.74, 6) is 0.253. The Labute approximate surface area is 93.7 Å². The molecule has 1 heterocycles. The van der Waals surface area contributed by atoms with Crippen LogP contribution in [0.1, 0.15) is 12.1 Å². The molecule has 0 amide bonds. The van der Waals surface area contributed by atoms with Crippen LogP contribution in [-0.2, 0) is 6.42 Å². The highest BCUT2D eigenvalue weighted by atomic mass is 16.5. The summed E-state index contributed by atoms with van der Waals surface area (Å²) in [6.45, 7) is 0.641. The molecular formula is C12H14N2O2. The van der Waals surface area contributed by atoms with Gasteiger partial charge in [0.15, 0.2) is 0 Å². The van der Waals surface area contributed by atoms with Gasteiger partial charge in [0, 0.05) is 5.56 Å². The van der Waals surface area contributed by atoms with E-state index < -0.39 is 0 Å². The SMILES string of the molecule is NCCCc1nocc1-c1ccc(O)cc1. The van der Waals surface area contributed by atoms with Gasteiger partial charge in [-0.05, 0) is 37.1 Å². The van der Waals surface area contributed by atoms with Crippen LogP contribution in [0.2, 0.25) is 0 Å². The molecule has 84 valence electrons.